The van der Waals surface area contributed by atoms with Crippen molar-refractivity contribution in [2.45, 2.75) is 18.4 Å². The first-order chi connectivity index (χ1) is 14.7. The van der Waals surface area contributed by atoms with E-state index in [1.165, 1.54) is 12.1 Å². The normalized spacial score (nSPS) is 11.5. The average molecular weight is 498 g/mol. The third-order valence-corrected chi connectivity index (χ3v) is 7.12. The molecular weight excluding hydrogens is 479 g/mol. The number of hydrogen-bond donors (Lipinski definition) is 1. The van der Waals surface area contributed by atoms with Crippen LogP contribution in [0.2, 0.25) is 15.1 Å². The number of anilines is 1. The van der Waals surface area contributed by atoms with Crippen molar-refractivity contribution in [3.8, 4) is 0 Å². The zero-order valence-electron chi connectivity index (χ0n) is 16.5. The number of rotatable bonds is 7. The molecule has 0 aliphatic heterocycles. The molecule has 3 rings (SSSR count). The summed E-state index contributed by atoms with van der Waals surface area (Å²) in [6, 6.07) is 18.0. The van der Waals surface area contributed by atoms with Crippen molar-refractivity contribution in [2.75, 3.05) is 11.9 Å². The molecule has 0 saturated heterocycles. The van der Waals surface area contributed by atoms with E-state index in [9.17, 15) is 13.2 Å². The molecule has 0 aliphatic rings. The van der Waals surface area contributed by atoms with Crippen molar-refractivity contribution in [3.63, 3.8) is 0 Å². The Morgan fingerprint density at radius 3 is 2.16 bits per heavy atom. The van der Waals surface area contributed by atoms with Crippen molar-refractivity contribution >= 4 is 56.4 Å². The molecule has 0 fully saturated rings. The third kappa shape index (κ3) is 5.99. The first-order valence-electron chi connectivity index (χ1n) is 9.22. The molecule has 0 aromatic heterocycles. The Morgan fingerprint density at radius 1 is 0.935 bits per heavy atom. The van der Waals surface area contributed by atoms with E-state index < -0.39 is 22.5 Å². The number of aryl methyl sites for hydroxylation is 1. The zero-order chi connectivity index (χ0) is 22.6. The van der Waals surface area contributed by atoms with Gasteiger partial charge in [-0.05, 0) is 48.9 Å². The lowest BCUT2D eigenvalue weighted by molar-refractivity contribution is -0.116. The summed E-state index contributed by atoms with van der Waals surface area (Å²) < 4.78 is 27.7. The lowest BCUT2D eigenvalue weighted by Gasteiger charge is -2.22. The quantitative estimate of drug-likeness (QED) is 0.449. The predicted octanol–water partition coefficient (Wildman–Crippen LogP) is 5.78. The van der Waals surface area contributed by atoms with Crippen LogP contribution in [0.5, 0.6) is 0 Å². The standard InChI is InChI=1S/C22H19Cl3N2O3S/c1-15-8-10-18(11-9-15)31(29,30)27(13-16-4-2-5-17(23)12-16)14-21(28)26-22-19(24)6-3-7-20(22)25/h2-12H,13-14H2,1H3,(H,26,28). The highest BCUT2D eigenvalue weighted by Crippen LogP contribution is 2.30. The molecule has 0 saturated carbocycles. The predicted molar refractivity (Wildman–Crippen MR) is 125 cm³/mol. The van der Waals surface area contributed by atoms with Crippen molar-refractivity contribution in [1.82, 2.24) is 4.31 Å². The molecular formula is C22H19Cl3N2O3S. The Kier molecular flexibility index (Phi) is 7.62. The molecule has 0 heterocycles. The van der Waals surface area contributed by atoms with Crippen LogP contribution in [0.1, 0.15) is 11.1 Å². The summed E-state index contributed by atoms with van der Waals surface area (Å²) in [5.41, 5.74) is 1.80. The van der Waals surface area contributed by atoms with Crippen LogP contribution in [0.3, 0.4) is 0 Å². The number of nitrogens with one attached hydrogen (secondary N) is 1. The smallest absolute Gasteiger partial charge is 0.243 e. The Balaban J connectivity index is 1.91. The second-order valence-electron chi connectivity index (χ2n) is 6.86. The highest BCUT2D eigenvalue weighted by atomic mass is 35.5. The van der Waals surface area contributed by atoms with E-state index >= 15 is 0 Å². The van der Waals surface area contributed by atoms with E-state index in [1.54, 1.807) is 54.6 Å². The minimum absolute atomic E-state index is 0.0412. The summed E-state index contributed by atoms with van der Waals surface area (Å²) in [6.07, 6.45) is 0. The highest BCUT2D eigenvalue weighted by molar-refractivity contribution is 7.89. The van der Waals surface area contributed by atoms with Gasteiger partial charge in [-0.2, -0.15) is 4.31 Å². The first kappa shape index (κ1) is 23.6. The molecule has 1 amide bonds. The van der Waals surface area contributed by atoms with Gasteiger partial charge in [-0.25, -0.2) is 8.42 Å². The Labute approximate surface area is 196 Å². The van der Waals surface area contributed by atoms with Crippen LogP contribution in [0.15, 0.2) is 71.6 Å². The summed E-state index contributed by atoms with van der Waals surface area (Å²) in [5.74, 6) is -0.576. The fourth-order valence-corrected chi connectivity index (χ4v) is 4.97. The maximum atomic E-state index is 13.3. The SMILES string of the molecule is Cc1ccc(S(=O)(=O)N(CC(=O)Nc2c(Cl)cccc2Cl)Cc2cccc(Cl)c2)cc1. The van der Waals surface area contributed by atoms with Crippen LogP contribution in [-0.4, -0.2) is 25.2 Å². The molecule has 3 aromatic carbocycles. The molecule has 0 atom stereocenters. The maximum absolute atomic E-state index is 13.3. The van der Waals surface area contributed by atoms with Crippen molar-refractivity contribution in [2.24, 2.45) is 0 Å². The number of nitrogens with zero attached hydrogens (tertiary/aromatic N) is 1. The Morgan fingerprint density at radius 2 is 1.55 bits per heavy atom. The monoisotopic (exact) mass is 496 g/mol. The van der Waals surface area contributed by atoms with Gasteiger partial charge in [-0.15, -0.1) is 0 Å². The lowest BCUT2D eigenvalue weighted by atomic mass is 10.2. The number of para-hydroxylation sites is 1. The van der Waals surface area contributed by atoms with Gasteiger partial charge in [0.1, 0.15) is 0 Å². The number of hydrogen-bond acceptors (Lipinski definition) is 3. The van der Waals surface area contributed by atoms with Crippen LogP contribution in [0, 0.1) is 6.92 Å². The Hall–Kier alpha value is -2.09. The van der Waals surface area contributed by atoms with E-state index in [4.69, 9.17) is 34.8 Å². The minimum atomic E-state index is -3.97. The second kappa shape index (κ2) is 10.0. The summed E-state index contributed by atoms with van der Waals surface area (Å²) in [6.45, 7) is 1.38. The van der Waals surface area contributed by atoms with Crippen LogP contribution in [-0.2, 0) is 21.4 Å². The van der Waals surface area contributed by atoms with Gasteiger partial charge in [0.05, 0.1) is 27.2 Å². The zero-order valence-corrected chi connectivity index (χ0v) is 19.6. The summed E-state index contributed by atoms with van der Waals surface area (Å²) in [7, 11) is -3.97. The summed E-state index contributed by atoms with van der Waals surface area (Å²) in [5, 5.41) is 3.58. The minimum Gasteiger partial charge on any atom is -0.322 e. The summed E-state index contributed by atoms with van der Waals surface area (Å²) in [4.78, 5) is 12.8. The fourth-order valence-electron chi connectivity index (χ4n) is 2.88. The van der Waals surface area contributed by atoms with E-state index in [0.717, 1.165) is 9.87 Å². The van der Waals surface area contributed by atoms with E-state index in [0.29, 0.717) is 10.6 Å². The molecule has 5 nitrogen and oxygen atoms in total. The van der Waals surface area contributed by atoms with E-state index in [-0.39, 0.29) is 27.2 Å². The van der Waals surface area contributed by atoms with Gasteiger partial charge in [0.15, 0.2) is 0 Å². The van der Waals surface area contributed by atoms with E-state index in [1.807, 2.05) is 6.92 Å². The van der Waals surface area contributed by atoms with Crippen LogP contribution in [0.25, 0.3) is 0 Å². The number of halogens is 3. The van der Waals surface area contributed by atoms with Gasteiger partial charge in [0.2, 0.25) is 15.9 Å². The highest BCUT2D eigenvalue weighted by Gasteiger charge is 2.27. The van der Waals surface area contributed by atoms with Gasteiger partial charge in [0.25, 0.3) is 0 Å². The molecule has 31 heavy (non-hydrogen) atoms. The number of carbonyl (C=O) groups is 1. The van der Waals surface area contributed by atoms with Crippen LogP contribution < -0.4 is 5.32 Å². The first-order valence-corrected chi connectivity index (χ1v) is 11.8. The maximum Gasteiger partial charge on any atom is 0.243 e. The fraction of sp³-hybridized carbons (Fsp3) is 0.136. The topological polar surface area (TPSA) is 66.5 Å². The second-order valence-corrected chi connectivity index (χ2v) is 10.0. The molecule has 0 radical (unpaired) electrons. The largest absolute Gasteiger partial charge is 0.322 e. The van der Waals surface area contributed by atoms with Crippen LogP contribution >= 0.6 is 34.8 Å². The van der Waals surface area contributed by atoms with E-state index in [2.05, 4.69) is 5.32 Å². The van der Waals surface area contributed by atoms with Crippen molar-refractivity contribution < 1.29 is 13.2 Å². The summed E-state index contributed by atoms with van der Waals surface area (Å²) >= 11 is 18.3. The number of carbonyl (C=O) groups excluding carboxylic acids is 1. The molecule has 0 aliphatic carbocycles. The molecule has 0 unspecified atom stereocenters. The van der Waals surface area contributed by atoms with Gasteiger partial charge in [0, 0.05) is 11.6 Å². The van der Waals surface area contributed by atoms with Gasteiger partial charge < -0.3 is 5.32 Å². The molecule has 9 heteroatoms. The third-order valence-electron chi connectivity index (χ3n) is 4.45. The van der Waals surface area contributed by atoms with Gasteiger partial charge in [-0.3, -0.25) is 4.79 Å². The van der Waals surface area contributed by atoms with Crippen molar-refractivity contribution in [1.29, 1.82) is 0 Å². The average Bonchev–Trinajstić information content (AvgIpc) is 2.71. The molecule has 162 valence electrons. The molecule has 1 N–H and O–H groups in total. The number of amides is 1. The van der Waals surface area contributed by atoms with Crippen molar-refractivity contribution in [3.05, 3.63) is 92.9 Å². The number of sulfonamides is 1. The van der Waals surface area contributed by atoms with Gasteiger partial charge in [-0.1, -0.05) is 70.7 Å². The molecule has 0 spiro atoms. The van der Waals surface area contributed by atoms with Gasteiger partial charge >= 0.3 is 0 Å². The molecule has 0 bridgehead atoms. The molecule has 3 aromatic rings. The lowest BCUT2D eigenvalue weighted by Crippen LogP contribution is -2.37. The Bertz CT molecular complexity index is 1180. The number of benzene rings is 3. The van der Waals surface area contributed by atoms with Crippen LogP contribution in [0.4, 0.5) is 5.69 Å².